The Balaban J connectivity index is 2.52. The van der Waals surface area contributed by atoms with Gasteiger partial charge in [0.25, 0.3) is 0 Å². The molecule has 0 heterocycles. The average Bonchev–Trinajstić information content (AvgIpc) is 2.52. The Morgan fingerprint density at radius 3 is 2.22 bits per heavy atom. The van der Waals surface area contributed by atoms with Gasteiger partial charge in [0, 0.05) is 0 Å². The van der Waals surface area contributed by atoms with Crippen LogP contribution >= 0.6 is 0 Å². The maximum Gasteiger partial charge on any atom is 0.405 e. The second kappa shape index (κ2) is 5.94. The molecule has 0 aliphatic heterocycles. The van der Waals surface area contributed by atoms with E-state index in [1.165, 1.54) is 0 Å². The van der Waals surface area contributed by atoms with Crippen molar-refractivity contribution in [2.24, 2.45) is 0 Å². The fraction of sp³-hybridized carbons (Fsp3) is 0.818. The van der Waals surface area contributed by atoms with Crippen LogP contribution in [0.2, 0.25) is 0 Å². The normalized spacial score (nSPS) is 19.4. The van der Waals surface area contributed by atoms with Crippen molar-refractivity contribution in [3.05, 3.63) is 0 Å². The van der Waals surface area contributed by atoms with Crippen molar-refractivity contribution < 1.29 is 18.0 Å². The summed E-state index contributed by atoms with van der Waals surface area (Å²) in [5, 5.41) is 13.2. The molecule has 2 N–H and O–H groups in total. The van der Waals surface area contributed by atoms with Gasteiger partial charge < -0.3 is 10.6 Å². The van der Waals surface area contributed by atoms with Crippen molar-refractivity contribution in [2.45, 2.75) is 50.2 Å². The molecule has 1 fully saturated rings. The Hall–Kier alpha value is -1.45. The molecule has 0 unspecified atom stereocenters. The highest BCUT2D eigenvalue weighted by atomic mass is 19.4. The maximum atomic E-state index is 11.9. The van der Waals surface area contributed by atoms with Gasteiger partial charge in [-0.25, -0.2) is 4.79 Å². The highest BCUT2D eigenvalue weighted by Gasteiger charge is 2.34. The molecule has 0 bridgehead atoms. The minimum Gasteiger partial charge on any atom is -0.329 e. The third-order valence-corrected chi connectivity index (χ3v) is 2.97. The van der Waals surface area contributed by atoms with E-state index in [0.29, 0.717) is 12.8 Å². The number of carbonyl (C=O) groups excluding carboxylic acids is 1. The van der Waals surface area contributed by atoms with Crippen LogP contribution in [0, 0.1) is 11.3 Å². The van der Waals surface area contributed by atoms with E-state index in [-0.39, 0.29) is 0 Å². The van der Waals surface area contributed by atoms with E-state index < -0.39 is 24.3 Å². The van der Waals surface area contributed by atoms with Crippen molar-refractivity contribution in [3.8, 4) is 6.07 Å². The van der Waals surface area contributed by atoms with E-state index >= 15 is 0 Å². The van der Waals surface area contributed by atoms with E-state index in [9.17, 15) is 18.0 Å². The minimum atomic E-state index is -4.44. The quantitative estimate of drug-likeness (QED) is 0.752. The van der Waals surface area contributed by atoms with Gasteiger partial charge in [-0.2, -0.15) is 18.4 Å². The zero-order valence-corrected chi connectivity index (χ0v) is 9.94. The van der Waals surface area contributed by atoms with E-state index in [4.69, 9.17) is 5.26 Å². The number of nitrogens with zero attached hydrogens (tertiary/aromatic N) is 1. The Kier molecular flexibility index (Phi) is 4.82. The Labute approximate surface area is 104 Å². The molecule has 7 heteroatoms. The van der Waals surface area contributed by atoms with E-state index in [1.807, 2.05) is 6.07 Å². The first-order valence-electron chi connectivity index (χ1n) is 5.91. The molecule has 0 aromatic rings. The molecule has 0 spiro atoms. The molecular formula is C11H16F3N3O. The van der Waals surface area contributed by atoms with Crippen molar-refractivity contribution >= 4 is 6.03 Å². The van der Waals surface area contributed by atoms with Gasteiger partial charge in [-0.05, 0) is 12.8 Å². The Morgan fingerprint density at radius 1 is 1.22 bits per heavy atom. The zero-order valence-electron chi connectivity index (χ0n) is 9.94. The number of alkyl halides is 3. The van der Waals surface area contributed by atoms with Gasteiger partial charge in [-0.15, -0.1) is 0 Å². The number of urea groups is 1. The van der Waals surface area contributed by atoms with Gasteiger partial charge >= 0.3 is 12.2 Å². The van der Waals surface area contributed by atoms with Gasteiger partial charge in [0.1, 0.15) is 12.1 Å². The van der Waals surface area contributed by atoms with Crippen molar-refractivity contribution in [1.29, 1.82) is 5.26 Å². The van der Waals surface area contributed by atoms with Crippen LogP contribution in [0.3, 0.4) is 0 Å². The molecular weight excluding hydrogens is 247 g/mol. The second-order valence-corrected chi connectivity index (χ2v) is 4.53. The lowest BCUT2D eigenvalue weighted by molar-refractivity contribution is -0.122. The predicted molar refractivity (Wildman–Crippen MR) is 58.6 cm³/mol. The van der Waals surface area contributed by atoms with E-state index in [0.717, 1.165) is 25.7 Å². The lowest BCUT2D eigenvalue weighted by atomic mass is 9.92. The van der Waals surface area contributed by atoms with Gasteiger partial charge in [0.05, 0.1) is 6.07 Å². The third-order valence-electron chi connectivity index (χ3n) is 2.97. The van der Waals surface area contributed by atoms with Gasteiger partial charge in [0.15, 0.2) is 0 Å². The summed E-state index contributed by atoms with van der Waals surface area (Å²) in [6, 6.07) is 1.10. The number of carbonyl (C=O) groups is 1. The number of hydrogen-bond acceptors (Lipinski definition) is 2. The standard InChI is InChI=1S/C11H16F3N3O/c12-11(13,14)8-16-9(18)17-10(7-15)5-3-1-2-4-6-10/h1-6,8H2,(H2,16,17,18). The first kappa shape index (κ1) is 14.6. The van der Waals surface area contributed by atoms with E-state index in [2.05, 4.69) is 5.32 Å². The Morgan fingerprint density at radius 2 is 1.78 bits per heavy atom. The molecule has 1 aliphatic rings. The lowest BCUT2D eigenvalue weighted by Gasteiger charge is -2.26. The van der Waals surface area contributed by atoms with E-state index in [1.54, 1.807) is 5.32 Å². The number of hydrogen-bond donors (Lipinski definition) is 2. The summed E-state index contributed by atoms with van der Waals surface area (Å²) in [4.78, 5) is 11.4. The number of rotatable bonds is 2. The number of nitriles is 1. The van der Waals surface area contributed by atoms with Gasteiger partial charge in [-0.1, -0.05) is 25.7 Å². The smallest absolute Gasteiger partial charge is 0.329 e. The SMILES string of the molecule is N#CC1(NC(=O)NCC(F)(F)F)CCCCCC1. The first-order chi connectivity index (χ1) is 8.37. The van der Waals surface area contributed by atoms with Crippen LogP contribution in [0.15, 0.2) is 0 Å². The molecule has 0 aromatic heterocycles. The molecule has 1 saturated carbocycles. The molecule has 1 aliphatic carbocycles. The molecule has 102 valence electrons. The van der Waals surface area contributed by atoms with Crippen LogP contribution in [0.1, 0.15) is 38.5 Å². The summed E-state index contributed by atoms with van der Waals surface area (Å²) in [5.74, 6) is 0. The Bertz CT molecular complexity index is 327. The summed E-state index contributed by atoms with van der Waals surface area (Å²) < 4.78 is 35.8. The molecule has 0 saturated heterocycles. The molecule has 1 rings (SSSR count). The monoisotopic (exact) mass is 263 g/mol. The highest BCUT2D eigenvalue weighted by molar-refractivity contribution is 5.75. The van der Waals surface area contributed by atoms with Crippen LogP contribution in [-0.4, -0.2) is 24.3 Å². The average molecular weight is 263 g/mol. The molecule has 0 atom stereocenters. The minimum absolute atomic E-state index is 0.489. The highest BCUT2D eigenvalue weighted by Crippen LogP contribution is 2.26. The van der Waals surface area contributed by atoms with Crippen LogP contribution in [-0.2, 0) is 0 Å². The van der Waals surface area contributed by atoms with Crippen LogP contribution in [0.25, 0.3) is 0 Å². The zero-order chi connectivity index (χ0) is 13.6. The molecule has 0 aromatic carbocycles. The van der Waals surface area contributed by atoms with Gasteiger partial charge in [-0.3, -0.25) is 0 Å². The number of halogens is 3. The number of nitrogens with one attached hydrogen (secondary N) is 2. The van der Waals surface area contributed by atoms with Crippen molar-refractivity contribution in [3.63, 3.8) is 0 Å². The molecule has 0 radical (unpaired) electrons. The first-order valence-corrected chi connectivity index (χ1v) is 5.91. The second-order valence-electron chi connectivity index (χ2n) is 4.53. The lowest BCUT2D eigenvalue weighted by Crippen LogP contribution is -2.52. The maximum absolute atomic E-state index is 11.9. The van der Waals surface area contributed by atoms with Crippen LogP contribution < -0.4 is 10.6 Å². The summed E-state index contributed by atoms with van der Waals surface area (Å²) in [5.41, 5.74) is -1.02. The molecule has 2 amide bonds. The van der Waals surface area contributed by atoms with Crippen LogP contribution in [0.5, 0.6) is 0 Å². The third kappa shape index (κ3) is 4.82. The summed E-state index contributed by atoms with van der Waals surface area (Å²) in [6.45, 7) is -1.39. The largest absolute Gasteiger partial charge is 0.405 e. The summed E-state index contributed by atoms with van der Waals surface area (Å²) >= 11 is 0. The fourth-order valence-electron chi connectivity index (χ4n) is 2.04. The van der Waals surface area contributed by atoms with Crippen molar-refractivity contribution in [1.82, 2.24) is 10.6 Å². The molecule has 18 heavy (non-hydrogen) atoms. The molecule has 4 nitrogen and oxygen atoms in total. The topological polar surface area (TPSA) is 64.9 Å². The summed E-state index contributed by atoms with van der Waals surface area (Å²) in [7, 11) is 0. The predicted octanol–water partition coefficient (Wildman–Crippen LogP) is 2.46. The van der Waals surface area contributed by atoms with Crippen LogP contribution in [0.4, 0.5) is 18.0 Å². The van der Waals surface area contributed by atoms with Crippen molar-refractivity contribution in [2.75, 3.05) is 6.54 Å². The summed E-state index contributed by atoms with van der Waals surface area (Å²) in [6.07, 6.45) is 0.0945. The number of amides is 2. The van der Waals surface area contributed by atoms with Gasteiger partial charge in [0.2, 0.25) is 0 Å². The fourth-order valence-corrected chi connectivity index (χ4v) is 2.04.